The fourth-order valence-electron chi connectivity index (χ4n) is 1.19. The van der Waals surface area contributed by atoms with Crippen molar-refractivity contribution in [3.63, 3.8) is 0 Å². The van der Waals surface area contributed by atoms with Crippen LogP contribution in [0.25, 0.3) is 0 Å². The summed E-state index contributed by atoms with van der Waals surface area (Å²) < 4.78 is 0. The van der Waals surface area contributed by atoms with Gasteiger partial charge in [0.1, 0.15) is 0 Å². The highest BCUT2D eigenvalue weighted by Gasteiger charge is 1.91. The first kappa shape index (κ1) is 8.69. The second-order valence-corrected chi connectivity index (χ2v) is 2.98. The van der Waals surface area contributed by atoms with E-state index in [1.54, 1.807) is 12.4 Å². The van der Waals surface area contributed by atoms with Crippen molar-refractivity contribution in [3.8, 4) is 0 Å². The summed E-state index contributed by atoms with van der Waals surface area (Å²) in [6, 6.07) is 1.94. The van der Waals surface area contributed by atoms with Gasteiger partial charge in [0.2, 0.25) is 0 Å². The van der Waals surface area contributed by atoms with Gasteiger partial charge < -0.3 is 4.98 Å². The van der Waals surface area contributed by atoms with E-state index in [1.807, 2.05) is 24.5 Å². The lowest BCUT2D eigenvalue weighted by Crippen LogP contribution is -1.76. The highest BCUT2D eigenvalue weighted by atomic mass is 15.2. The Morgan fingerprint density at radius 3 is 2.93 bits per heavy atom. The Hall–Kier alpha value is -1.90. The third-order valence-electron chi connectivity index (χ3n) is 1.90. The van der Waals surface area contributed by atoms with Crippen molar-refractivity contribution in [1.29, 1.82) is 0 Å². The van der Waals surface area contributed by atoms with Crippen molar-refractivity contribution in [2.24, 2.45) is 10.2 Å². The van der Waals surface area contributed by atoms with E-state index in [0.29, 0.717) is 0 Å². The maximum absolute atomic E-state index is 3.94. The van der Waals surface area contributed by atoms with Crippen LogP contribution in [0.3, 0.4) is 0 Å². The number of hydrogen-bond acceptors (Lipinski definition) is 2. The van der Waals surface area contributed by atoms with Gasteiger partial charge in [0.15, 0.2) is 0 Å². The minimum absolute atomic E-state index is 1.00. The van der Waals surface area contributed by atoms with Gasteiger partial charge in [-0.3, -0.25) is 0 Å². The summed E-state index contributed by atoms with van der Waals surface area (Å²) in [7, 11) is 0. The topological polar surface area (TPSA) is 40.5 Å². The van der Waals surface area contributed by atoms with Crippen LogP contribution in [0.1, 0.15) is 12.0 Å². The van der Waals surface area contributed by atoms with Crippen molar-refractivity contribution in [1.82, 2.24) is 4.98 Å². The standard InChI is InChI=1S/C11H11N3/c1-2-4-10(3-1)8-13-14-9-11-5-6-12-7-11/h1,3-9,12H,2H2/b13-8+,14-9+. The number of nitrogens with zero attached hydrogens (tertiary/aromatic N) is 2. The SMILES string of the molecule is C1=CC(/C=N/N=C/c2cc[nH]c2)=CC1. The molecule has 0 fully saturated rings. The lowest BCUT2D eigenvalue weighted by Gasteiger charge is -1.83. The van der Waals surface area contributed by atoms with Crippen molar-refractivity contribution < 1.29 is 0 Å². The third kappa shape index (κ3) is 2.29. The Bertz CT molecular complexity index is 394. The van der Waals surface area contributed by atoms with E-state index in [-0.39, 0.29) is 0 Å². The summed E-state index contributed by atoms with van der Waals surface area (Å²) in [4.78, 5) is 2.95. The number of hydrogen-bond donors (Lipinski definition) is 1. The predicted octanol–water partition coefficient (Wildman–Crippen LogP) is 2.31. The summed E-state index contributed by atoms with van der Waals surface area (Å²) in [5, 5.41) is 7.87. The first-order chi connectivity index (χ1) is 6.95. The van der Waals surface area contributed by atoms with E-state index in [4.69, 9.17) is 0 Å². The predicted molar refractivity (Wildman–Crippen MR) is 58.7 cm³/mol. The molecule has 1 N–H and O–H groups in total. The van der Waals surface area contributed by atoms with E-state index in [9.17, 15) is 0 Å². The maximum Gasteiger partial charge on any atom is 0.0583 e. The normalized spacial score (nSPS) is 15.9. The van der Waals surface area contributed by atoms with Crippen LogP contribution in [0.15, 0.2) is 52.5 Å². The number of aromatic nitrogens is 1. The summed E-state index contributed by atoms with van der Waals surface area (Å²) in [5.41, 5.74) is 2.15. The van der Waals surface area contributed by atoms with Gasteiger partial charge >= 0.3 is 0 Å². The molecule has 2 rings (SSSR count). The molecule has 3 nitrogen and oxygen atoms in total. The molecule has 1 aromatic rings. The highest BCUT2D eigenvalue weighted by molar-refractivity contribution is 5.84. The van der Waals surface area contributed by atoms with Crippen molar-refractivity contribution >= 4 is 12.4 Å². The molecule has 0 aliphatic heterocycles. The maximum atomic E-state index is 3.94. The second-order valence-electron chi connectivity index (χ2n) is 2.98. The molecule has 14 heavy (non-hydrogen) atoms. The van der Waals surface area contributed by atoms with Gasteiger partial charge in [-0.25, -0.2) is 0 Å². The summed E-state index contributed by atoms with van der Waals surface area (Å²) in [6.07, 6.45) is 14.4. The second kappa shape index (κ2) is 4.37. The number of H-pyrrole nitrogens is 1. The van der Waals surface area contributed by atoms with E-state index >= 15 is 0 Å². The Morgan fingerprint density at radius 2 is 2.21 bits per heavy atom. The van der Waals surface area contributed by atoms with Crippen LogP contribution in [0, 0.1) is 0 Å². The Labute approximate surface area is 82.6 Å². The molecule has 0 bridgehead atoms. The fraction of sp³-hybridized carbons (Fsp3) is 0.0909. The molecule has 0 amide bonds. The van der Waals surface area contributed by atoms with Crippen LogP contribution in [0.5, 0.6) is 0 Å². The van der Waals surface area contributed by atoms with Crippen molar-refractivity contribution in [2.45, 2.75) is 6.42 Å². The molecule has 3 heteroatoms. The number of allylic oxidation sites excluding steroid dienone is 4. The molecular weight excluding hydrogens is 174 g/mol. The van der Waals surface area contributed by atoms with E-state index in [0.717, 1.165) is 17.6 Å². The monoisotopic (exact) mass is 185 g/mol. The quantitative estimate of drug-likeness (QED) is 0.554. The van der Waals surface area contributed by atoms with Gasteiger partial charge in [-0.15, -0.1) is 0 Å². The Balaban J connectivity index is 1.90. The van der Waals surface area contributed by atoms with Gasteiger partial charge in [-0.05, 0) is 18.1 Å². The molecule has 1 heterocycles. The molecule has 1 aromatic heterocycles. The first-order valence-corrected chi connectivity index (χ1v) is 4.51. The molecular formula is C11H11N3. The van der Waals surface area contributed by atoms with Gasteiger partial charge in [-0.1, -0.05) is 18.2 Å². The zero-order valence-corrected chi connectivity index (χ0v) is 7.72. The summed E-state index contributed by atoms with van der Waals surface area (Å²) in [6.45, 7) is 0. The Morgan fingerprint density at radius 1 is 1.29 bits per heavy atom. The summed E-state index contributed by atoms with van der Waals surface area (Å²) in [5.74, 6) is 0. The number of rotatable bonds is 3. The van der Waals surface area contributed by atoms with Crippen molar-refractivity contribution in [2.75, 3.05) is 0 Å². The largest absolute Gasteiger partial charge is 0.367 e. The zero-order chi connectivity index (χ0) is 9.64. The van der Waals surface area contributed by atoms with Crippen LogP contribution in [-0.4, -0.2) is 17.4 Å². The van der Waals surface area contributed by atoms with Gasteiger partial charge in [0, 0.05) is 18.0 Å². The average Bonchev–Trinajstić information content (AvgIpc) is 2.86. The van der Waals surface area contributed by atoms with E-state index in [2.05, 4.69) is 27.3 Å². The Kier molecular flexibility index (Phi) is 2.71. The number of aromatic amines is 1. The zero-order valence-electron chi connectivity index (χ0n) is 7.72. The van der Waals surface area contributed by atoms with Gasteiger partial charge in [-0.2, -0.15) is 10.2 Å². The van der Waals surface area contributed by atoms with E-state index in [1.165, 1.54) is 0 Å². The highest BCUT2D eigenvalue weighted by Crippen LogP contribution is 2.05. The lowest BCUT2D eigenvalue weighted by atomic mass is 10.3. The molecule has 0 spiro atoms. The minimum Gasteiger partial charge on any atom is -0.367 e. The molecule has 0 radical (unpaired) electrons. The molecule has 0 saturated heterocycles. The third-order valence-corrected chi connectivity index (χ3v) is 1.90. The molecule has 1 aliphatic rings. The van der Waals surface area contributed by atoms with Crippen molar-refractivity contribution in [3.05, 3.63) is 47.8 Å². The molecule has 0 unspecified atom stereocenters. The smallest absolute Gasteiger partial charge is 0.0583 e. The van der Waals surface area contributed by atoms with Crippen LogP contribution < -0.4 is 0 Å². The van der Waals surface area contributed by atoms with Gasteiger partial charge in [0.05, 0.1) is 12.4 Å². The first-order valence-electron chi connectivity index (χ1n) is 4.51. The van der Waals surface area contributed by atoms with Crippen LogP contribution in [0.2, 0.25) is 0 Å². The van der Waals surface area contributed by atoms with Gasteiger partial charge in [0.25, 0.3) is 0 Å². The number of nitrogens with one attached hydrogen (secondary N) is 1. The lowest BCUT2D eigenvalue weighted by molar-refractivity contribution is 1.26. The van der Waals surface area contributed by atoms with Crippen LogP contribution >= 0.6 is 0 Å². The molecule has 0 aromatic carbocycles. The van der Waals surface area contributed by atoms with Crippen LogP contribution in [-0.2, 0) is 0 Å². The summed E-state index contributed by atoms with van der Waals surface area (Å²) >= 11 is 0. The molecule has 70 valence electrons. The fourth-order valence-corrected chi connectivity index (χ4v) is 1.19. The molecule has 0 saturated carbocycles. The van der Waals surface area contributed by atoms with Crippen LogP contribution in [0.4, 0.5) is 0 Å². The minimum atomic E-state index is 1.00. The molecule has 0 atom stereocenters. The van der Waals surface area contributed by atoms with E-state index < -0.39 is 0 Å². The molecule has 1 aliphatic carbocycles. The average molecular weight is 185 g/mol.